The molecule has 0 radical (unpaired) electrons. The van der Waals surface area contributed by atoms with Crippen molar-refractivity contribution in [2.24, 2.45) is 0 Å². The van der Waals surface area contributed by atoms with Crippen molar-refractivity contribution in [2.45, 2.75) is 11.8 Å². The van der Waals surface area contributed by atoms with Gasteiger partial charge in [0.25, 0.3) is 0 Å². The van der Waals surface area contributed by atoms with E-state index in [1.54, 1.807) is 30.3 Å². The smallest absolute Gasteiger partial charge is 0.243 e. The minimum absolute atomic E-state index is 0.148. The second-order valence-corrected chi connectivity index (χ2v) is 8.57. The number of methoxy groups -OCH3 is 1. The van der Waals surface area contributed by atoms with Crippen LogP contribution in [0.2, 0.25) is 0 Å². The Balaban J connectivity index is 1.78. The van der Waals surface area contributed by atoms with E-state index in [-0.39, 0.29) is 11.4 Å². The van der Waals surface area contributed by atoms with Gasteiger partial charge in [-0.15, -0.1) is 0 Å². The van der Waals surface area contributed by atoms with Crippen LogP contribution in [0.15, 0.2) is 65.6 Å². The van der Waals surface area contributed by atoms with Crippen molar-refractivity contribution < 1.29 is 17.9 Å². The number of benzene rings is 3. The molecular formula is C21H22N2O4S. The van der Waals surface area contributed by atoms with Gasteiger partial charge in [-0.05, 0) is 47.5 Å². The van der Waals surface area contributed by atoms with Gasteiger partial charge in [-0.25, -0.2) is 8.42 Å². The van der Waals surface area contributed by atoms with Crippen molar-refractivity contribution >= 4 is 32.4 Å². The summed E-state index contributed by atoms with van der Waals surface area (Å²) in [7, 11) is -0.903. The number of carbonyl (C=O) groups excluding carboxylic acids is 1. The molecule has 7 heteroatoms. The zero-order chi connectivity index (χ0) is 20.3. The fourth-order valence-corrected chi connectivity index (χ4v) is 4.07. The second-order valence-electron chi connectivity index (χ2n) is 6.52. The Morgan fingerprint density at radius 1 is 1.04 bits per heavy atom. The summed E-state index contributed by atoms with van der Waals surface area (Å²) in [6.45, 7) is 1.58. The van der Waals surface area contributed by atoms with Gasteiger partial charge >= 0.3 is 0 Å². The Bertz CT molecular complexity index is 1130. The van der Waals surface area contributed by atoms with Gasteiger partial charge in [0.15, 0.2) is 0 Å². The van der Waals surface area contributed by atoms with Crippen LogP contribution in [0.1, 0.15) is 5.56 Å². The number of fused-ring (bicyclic) bond motifs is 1. The molecule has 3 aromatic rings. The summed E-state index contributed by atoms with van der Waals surface area (Å²) < 4.78 is 32.0. The number of ether oxygens (including phenoxy) is 1. The SMILES string of the molecule is COc1ccc(C)cc1NC(=O)CN(C)S(=O)(=O)c1ccc2ccccc2c1. The lowest BCUT2D eigenvalue weighted by Gasteiger charge is -2.18. The molecule has 3 aromatic carbocycles. The van der Waals surface area contributed by atoms with Crippen molar-refractivity contribution in [3.8, 4) is 5.75 Å². The van der Waals surface area contributed by atoms with Crippen LogP contribution in [-0.2, 0) is 14.8 Å². The molecule has 0 aliphatic heterocycles. The van der Waals surface area contributed by atoms with Gasteiger partial charge in [0.2, 0.25) is 15.9 Å². The average Bonchev–Trinajstić information content (AvgIpc) is 2.67. The number of nitrogens with zero attached hydrogens (tertiary/aromatic N) is 1. The van der Waals surface area contributed by atoms with Crippen molar-refractivity contribution in [1.29, 1.82) is 0 Å². The van der Waals surface area contributed by atoms with Crippen LogP contribution in [0.3, 0.4) is 0 Å². The van der Waals surface area contributed by atoms with Gasteiger partial charge in [-0.2, -0.15) is 4.31 Å². The highest BCUT2D eigenvalue weighted by Gasteiger charge is 2.23. The minimum Gasteiger partial charge on any atom is -0.495 e. The maximum Gasteiger partial charge on any atom is 0.243 e. The maximum atomic E-state index is 12.9. The predicted octanol–water partition coefficient (Wildman–Crippen LogP) is 3.42. The summed E-state index contributed by atoms with van der Waals surface area (Å²) in [5, 5.41) is 4.49. The Hall–Kier alpha value is -2.90. The first-order chi connectivity index (χ1) is 13.3. The first kappa shape index (κ1) is 19.9. The molecule has 0 fully saturated rings. The van der Waals surface area contributed by atoms with E-state index in [1.807, 2.05) is 37.3 Å². The van der Waals surface area contributed by atoms with Crippen LogP contribution < -0.4 is 10.1 Å². The first-order valence-corrected chi connectivity index (χ1v) is 10.1. The van der Waals surface area contributed by atoms with E-state index in [2.05, 4.69) is 5.32 Å². The summed E-state index contributed by atoms with van der Waals surface area (Å²) in [5.41, 5.74) is 1.46. The van der Waals surface area contributed by atoms with E-state index < -0.39 is 15.9 Å². The zero-order valence-electron chi connectivity index (χ0n) is 16.0. The molecule has 28 heavy (non-hydrogen) atoms. The summed E-state index contributed by atoms with van der Waals surface area (Å²) in [5.74, 6) is 0.0646. The molecule has 0 saturated heterocycles. The van der Waals surface area contributed by atoms with E-state index in [4.69, 9.17) is 4.74 Å². The number of likely N-dealkylation sites (N-methyl/N-ethyl adjacent to an activating group) is 1. The monoisotopic (exact) mass is 398 g/mol. The number of hydrogen-bond donors (Lipinski definition) is 1. The molecule has 0 saturated carbocycles. The summed E-state index contributed by atoms with van der Waals surface area (Å²) >= 11 is 0. The molecule has 0 aliphatic carbocycles. The lowest BCUT2D eigenvalue weighted by molar-refractivity contribution is -0.116. The summed E-state index contributed by atoms with van der Waals surface area (Å²) in [6.07, 6.45) is 0. The number of aryl methyl sites for hydroxylation is 1. The average molecular weight is 398 g/mol. The van der Waals surface area contributed by atoms with Crippen LogP contribution in [0.5, 0.6) is 5.75 Å². The van der Waals surface area contributed by atoms with Gasteiger partial charge in [0.05, 0.1) is 24.2 Å². The second kappa shape index (κ2) is 8.00. The molecule has 1 N–H and O–H groups in total. The Morgan fingerprint density at radius 3 is 2.46 bits per heavy atom. The molecular weight excluding hydrogens is 376 g/mol. The van der Waals surface area contributed by atoms with Crippen LogP contribution in [0, 0.1) is 6.92 Å². The lowest BCUT2D eigenvalue weighted by Crippen LogP contribution is -2.35. The zero-order valence-corrected chi connectivity index (χ0v) is 16.8. The van der Waals surface area contributed by atoms with E-state index in [1.165, 1.54) is 14.2 Å². The van der Waals surface area contributed by atoms with Crippen molar-refractivity contribution in [3.05, 3.63) is 66.2 Å². The molecule has 0 spiro atoms. The molecule has 0 heterocycles. The van der Waals surface area contributed by atoms with Gasteiger partial charge in [0.1, 0.15) is 5.75 Å². The number of sulfonamides is 1. The van der Waals surface area contributed by atoms with E-state index >= 15 is 0 Å². The molecule has 0 unspecified atom stereocenters. The first-order valence-electron chi connectivity index (χ1n) is 8.71. The fraction of sp³-hybridized carbons (Fsp3) is 0.190. The highest BCUT2D eigenvalue weighted by molar-refractivity contribution is 7.89. The number of carbonyl (C=O) groups is 1. The van der Waals surface area contributed by atoms with E-state index in [0.29, 0.717) is 11.4 Å². The van der Waals surface area contributed by atoms with Crippen LogP contribution in [0.4, 0.5) is 5.69 Å². The molecule has 1 amide bonds. The number of hydrogen-bond acceptors (Lipinski definition) is 4. The largest absolute Gasteiger partial charge is 0.495 e. The highest BCUT2D eigenvalue weighted by Crippen LogP contribution is 2.25. The van der Waals surface area contributed by atoms with Crippen LogP contribution in [-0.4, -0.2) is 39.3 Å². The Morgan fingerprint density at radius 2 is 1.75 bits per heavy atom. The van der Waals surface area contributed by atoms with E-state index in [9.17, 15) is 13.2 Å². The minimum atomic E-state index is -3.80. The molecule has 0 aromatic heterocycles. The standard InChI is InChI=1S/C21H22N2O4S/c1-15-8-11-20(27-3)19(12-15)22-21(24)14-23(2)28(25,26)18-10-9-16-6-4-5-7-17(16)13-18/h4-13H,14H2,1-3H3,(H,22,24). The lowest BCUT2D eigenvalue weighted by atomic mass is 10.1. The third-order valence-corrected chi connectivity index (χ3v) is 6.22. The highest BCUT2D eigenvalue weighted by atomic mass is 32.2. The van der Waals surface area contributed by atoms with Crippen molar-refractivity contribution in [1.82, 2.24) is 4.31 Å². The normalized spacial score (nSPS) is 11.6. The number of rotatable bonds is 6. The molecule has 0 bridgehead atoms. The summed E-state index contributed by atoms with van der Waals surface area (Å²) in [4.78, 5) is 12.6. The molecule has 3 rings (SSSR count). The van der Waals surface area contributed by atoms with Crippen molar-refractivity contribution in [2.75, 3.05) is 26.0 Å². The van der Waals surface area contributed by atoms with Gasteiger partial charge < -0.3 is 10.1 Å². The maximum absolute atomic E-state index is 12.9. The third kappa shape index (κ3) is 4.16. The molecule has 146 valence electrons. The summed E-state index contributed by atoms with van der Waals surface area (Å²) in [6, 6.07) is 17.8. The van der Waals surface area contributed by atoms with Crippen LogP contribution in [0.25, 0.3) is 10.8 Å². The predicted molar refractivity (Wildman–Crippen MR) is 110 cm³/mol. The number of anilines is 1. The number of nitrogens with one attached hydrogen (secondary N) is 1. The number of amides is 1. The molecule has 6 nitrogen and oxygen atoms in total. The third-order valence-electron chi connectivity index (χ3n) is 4.42. The van der Waals surface area contributed by atoms with Crippen LogP contribution >= 0.6 is 0 Å². The topological polar surface area (TPSA) is 75.7 Å². The molecule has 0 atom stereocenters. The van der Waals surface area contributed by atoms with Gasteiger partial charge in [0, 0.05) is 7.05 Å². The fourth-order valence-electron chi connectivity index (χ4n) is 2.90. The molecule has 0 aliphatic rings. The Kier molecular flexibility index (Phi) is 5.67. The van der Waals surface area contributed by atoms with E-state index in [0.717, 1.165) is 20.6 Å². The van der Waals surface area contributed by atoms with Gasteiger partial charge in [-0.3, -0.25) is 4.79 Å². The Labute approximate surface area is 164 Å². The van der Waals surface area contributed by atoms with Gasteiger partial charge in [-0.1, -0.05) is 36.4 Å². The van der Waals surface area contributed by atoms with Crippen molar-refractivity contribution in [3.63, 3.8) is 0 Å². The quantitative estimate of drug-likeness (QED) is 0.690.